The maximum atomic E-state index is 5.90. The van der Waals surface area contributed by atoms with Crippen molar-refractivity contribution in [2.75, 3.05) is 25.6 Å². The highest BCUT2D eigenvalue weighted by Gasteiger charge is 2.18. The summed E-state index contributed by atoms with van der Waals surface area (Å²) < 4.78 is 5.90. The Morgan fingerprint density at radius 1 is 0.950 bits per heavy atom. The SMILES string of the molecule is CN(C)c1ccc(C2C=C(c3ccccc3)CO2)cc1. The summed E-state index contributed by atoms with van der Waals surface area (Å²) in [5.74, 6) is 0. The summed E-state index contributed by atoms with van der Waals surface area (Å²) in [6.07, 6.45) is 2.29. The predicted molar refractivity (Wildman–Crippen MR) is 83.9 cm³/mol. The van der Waals surface area contributed by atoms with Gasteiger partial charge >= 0.3 is 0 Å². The molecule has 0 saturated heterocycles. The van der Waals surface area contributed by atoms with E-state index in [1.54, 1.807) is 0 Å². The number of hydrogen-bond acceptors (Lipinski definition) is 2. The molecule has 0 aromatic heterocycles. The fourth-order valence-corrected chi connectivity index (χ4v) is 2.44. The summed E-state index contributed by atoms with van der Waals surface area (Å²) in [5.41, 5.74) is 4.94. The van der Waals surface area contributed by atoms with E-state index in [0.717, 1.165) is 0 Å². The second-order valence-electron chi connectivity index (χ2n) is 5.28. The first-order chi connectivity index (χ1) is 9.74. The van der Waals surface area contributed by atoms with Gasteiger partial charge in [-0.15, -0.1) is 0 Å². The summed E-state index contributed by atoms with van der Waals surface area (Å²) >= 11 is 0. The lowest BCUT2D eigenvalue weighted by Crippen LogP contribution is -2.08. The van der Waals surface area contributed by atoms with Crippen LogP contribution in [0.2, 0.25) is 0 Å². The Kier molecular flexibility index (Phi) is 3.57. The molecular formula is C18H19NO. The minimum atomic E-state index is 0.0708. The molecule has 0 fully saturated rings. The molecule has 0 spiro atoms. The first kappa shape index (κ1) is 12.9. The minimum absolute atomic E-state index is 0.0708. The number of rotatable bonds is 3. The Bertz CT molecular complexity index is 599. The van der Waals surface area contributed by atoms with E-state index in [1.807, 2.05) is 6.07 Å². The molecule has 20 heavy (non-hydrogen) atoms. The third-order valence-electron chi connectivity index (χ3n) is 3.65. The molecule has 2 aromatic rings. The van der Waals surface area contributed by atoms with Gasteiger partial charge in [-0.25, -0.2) is 0 Å². The smallest absolute Gasteiger partial charge is 0.102 e. The van der Waals surface area contributed by atoms with Gasteiger partial charge in [0.2, 0.25) is 0 Å². The van der Waals surface area contributed by atoms with Crippen LogP contribution in [-0.4, -0.2) is 20.7 Å². The van der Waals surface area contributed by atoms with Crippen molar-refractivity contribution in [1.82, 2.24) is 0 Å². The van der Waals surface area contributed by atoms with Crippen molar-refractivity contribution >= 4 is 11.3 Å². The molecule has 2 heteroatoms. The van der Waals surface area contributed by atoms with Crippen molar-refractivity contribution in [3.8, 4) is 0 Å². The zero-order chi connectivity index (χ0) is 13.9. The molecule has 1 aliphatic heterocycles. The topological polar surface area (TPSA) is 12.5 Å². The predicted octanol–water partition coefficient (Wildman–Crippen LogP) is 3.91. The molecule has 102 valence electrons. The van der Waals surface area contributed by atoms with Gasteiger partial charge in [0.05, 0.1) is 6.61 Å². The van der Waals surface area contributed by atoms with Crippen LogP contribution in [0.1, 0.15) is 17.2 Å². The van der Waals surface area contributed by atoms with Crippen molar-refractivity contribution < 1.29 is 4.74 Å². The van der Waals surface area contributed by atoms with Crippen molar-refractivity contribution in [2.24, 2.45) is 0 Å². The highest BCUT2D eigenvalue weighted by atomic mass is 16.5. The van der Waals surface area contributed by atoms with E-state index in [9.17, 15) is 0 Å². The van der Waals surface area contributed by atoms with Gasteiger partial charge in [0, 0.05) is 19.8 Å². The van der Waals surface area contributed by atoms with Gasteiger partial charge < -0.3 is 9.64 Å². The molecule has 1 atom stereocenters. The molecule has 1 heterocycles. The Balaban J connectivity index is 1.81. The standard InChI is InChI=1S/C18H19NO/c1-19(2)17-10-8-15(9-11-17)18-12-16(13-20-18)14-6-4-3-5-7-14/h3-12,18H,13H2,1-2H3. The van der Waals surface area contributed by atoms with Crippen LogP contribution in [0.25, 0.3) is 5.57 Å². The summed E-state index contributed by atoms with van der Waals surface area (Å²) in [6, 6.07) is 19.0. The second kappa shape index (κ2) is 5.51. The average Bonchev–Trinajstić information content (AvgIpc) is 2.98. The quantitative estimate of drug-likeness (QED) is 0.834. The van der Waals surface area contributed by atoms with Crippen LogP contribution in [-0.2, 0) is 4.74 Å². The lowest BCUT2D eigenvalue weighted by atomic mass is 10.0. The maximum absolute atomic E-state index is 5.90. The van der Waals surface area contributed by atoms with E-state index in [1.165, 1.54) is 22.4 Å². The number of ether oxygens (including phenoxy) is 1. The van der Waals surface area contributed by atoms with E-state index < -0.39 is 0 Å². The van der Waals surface area contributed by atoms with Crippen molar-refractivity contribution in [2.45, 2.75) is 6.10 Å². The monoisotopic (exact) mass is 265 g/mol. The number of benzene rings is 2. The average molecular weight is 265 g/mol. The molecule has 0 N–H and O–H groups in total. The van der Waals surface area contributed by atoms with Crippen LogP contribution in [0.3, 0.4) is 0 Å². The largest absolute Gasteiger partial charge is 0.378 e. The third kappa shape index (κ3) is 2.61. The van der Waals surface area contributed by atoms with E-state index in [4.69, 9.17) is 4.74 Å². The Hall–Kier alpha value is -2.06. The van der Waals surface area contributed by atoms with Crippen molar-refractivity contribution in [3.63, 3.8) is 0 Å². The lowest BCUT2D eigenvalue weighted by molar-refractivity contribution is 0.131. The summed E-state index contributed by atoms with van der Waals surface area (Å²) in [7, 11) is 4.10. The Morgan fingerprint density at radius 3 is 2.30 bits per heavy atom. The molecule has 2 aromatic carbocycles. The molecule has 0 bridgehead atoms. The lowest BCUT2D eigenvalue weighted by Gasteiger charge is -2.14. The minimum Gasteiger partial charge on any atom is -0.378 e. The van der Waals surface area contributed by atoms with Gasteiger partial charge in [0.25, 0.3) is 0 Å². The number of anilines is 1. The zero-order valence-electron chi connectivity index (χ0n) is 11.9. The van der Waals surface area contributed by atoms with Crippen molar-refractivity contribution in [1.29, 1.82) is 0 Å². The van der Waals surface area contributed by atoms with Gasteiger partial charge in [0.1, 0.15) is 6.10 Å². The molecule has 1 unspecified atom stereocenters. The summed E-state index contributed by atoms with van der Waals surface area (Å²) in [4.78, 5) is 2.10. The van der Waals surface area contributed by atoms with Crippen LogP contribution in [0, 0.1) is 0 Å². The van der Waals surface area contributed by atoms with E-state index in [2.05, 4.69) is 73.6 Å². The Labute approximate surface area is 120 Å². The van der Waals surface area contributed by atoms with Gasteiger partial charge in [-0.05, 0) is 34.9 Å². The zero-order valence-corrected chi connectivity index (χ0v) is 11.9. The molecule has 0 radical (unpaired) electrons. The fraction of sp³-hybridized carbons (Fsp3) is 0.222. The van der Waals surface area contributed by atoms with Crippen LogP contribution in [0.4, 0.5) is 5.69 Å². The third-order valence-corrected chi connectivity index (χ3v) is 3.65. The van der Waals surface area contributed by atoms with Crippen LogP contribution >= 0.6 is 0 Å². The van der Waals surface area contributed by atoms with E-state index in [-0.39, 0.29) is 6.10 Å². The first-order valence-electron chi connectivity index (χ1n) is 6.89. The van der Waals surface area contributed by atoms with E-state index >= 15 is 0 Å². The molecule has 2 nitrogen and oxygen atoms in total. The highest BCUT2D eigenvalue weighted by molar-refractivity contribution is 5.68. The Morgan fingerprint density at radius 2 is 1.65 bits per heavy atom. The molecular weight excluding hydrogens is 246 g/mol. The number of hydrogen-bond donors (Lipinski definition) is 0. The van der Waals surface area contributed by atoms with Gasteiger partial charge in [-0.1, -0.05) is 42.5 Å². The van der Waals surface area contributed by atoms with Gasteiger partial charge in [-0.2, -0.15) is 0 Å². The second-order valence-corrected chi connectivity index (χ2v) is 5.28. The summed E-state index contributed by atoms with van der Waals surface area (Å²) in [6.45, 7) is 0.685. The normalized spacial score (nSPS) is 17.9. The number of nitrogens with zero attached hydrogens (tertiary/aromatic N) is 1. The fourth-order valence-electron chi connectivity index (χ4n) is 2.44. The molecule has 0 aliphatic carbocycles. The first-order valence-corrected chi connectivity index (χ1v) is 6.89. The van der Waals surface area contributed by atoms with Crippen molar-refractivity contribution in [3.05, 3.63) is 71.8 Å². The summed E-state index contributed by atoms with van der Waals surface area (Å²) in [5, 5.41) is 0. The molecule has 3 rings (SSSR count). The molecule has 1 aliphatic rings. The van der Waals surface area contributed by atoms with Gasteiger partial charge in [-0.3, -0.25) is 0 Å². The van der Waals surface area contributed by atoms with Crippen LogP contribution < -0.4 is 4.90 Å². The van der Waals surface area contributed by atoms with Crippen LogP contribution in [0.5, 0.6) is 0 Å². The van der Waals surface area contributed by atoms with Crippen LogP contribution in [0.15, 0.2) is 60.7 Å². The maximum Gasteiger partial charge on any atom is 0.102 e. The van der Waals surface area contributed by atoms with E-state index in [0.29, 0.717) is 6.61 Å². The van der Waals surface area contributed by atoms with Gasteiger partial charge in [0.15, 0.2) is 0 Å². The highest BCUT2D eigenvalue weighted by Crippen LogP contribution is 2.32. The molecule has 0 saturated carbocycles. The molecule has 0 amide bonds.